The first-order valence-electron chi connectivity index (χ1n) is 13.1. The molecule has 1 aliphatic rings. The van der Waals surface area contributed by atoms with Gasteiger partial charge >= 0.3 is 0 Å². The Bertz CT molecular complexity index is 415. The van der Waals surface area contributed by atoms with Gasteiger partial charge in [-0.15, -0.1) is 0 Å². The lowest BCUT2D eigenvalue weighted by atomic mass is 10.1. The van der Waals surface area contributed by atoms with Crippen molar-refractivity contribution in [3.8, 4) is 0 Å². The molecule has 1 fully saturated rings. The molecular formula is C26H50O5. The first kappa shape index (κ1) is 28.6. The van der Waals surface area contributed by atoms with Gasteiger partial charge in [0.1, 0.15) is 24.4 Å². The highest BCUT2D eigenvalue weighted by Crippen LogP contribution is 2.21. The maximum Gasteiger partial charge on any atom is 0.114 e. The topological polar surface area (TPSA) is 79.2 Å². The summed E-state index contributed by atoms with van der Waals surface area (Å²) in [7, 11) is 0. The molecule has 0 aliphatic carbocycles. The van der Waals surface area contributed by atoms with E-state index in [9.17, 15) is 10.2 Å². The van der Waals surface area contributed by atoms with Gasteiger partial charge in [0.2, 0.25) is 0 Å². The lowest BCUT2D eigenvalue weighted by Gasteiger charge is -2.23. The molecule has 0 aromatic rings. The van der Waals surface area contributed by atoms with Crippen LogP contribution in [0.15, 0.2) is 12.2 Å². The average Bonchev–Trinajstić information content (AvgIpc) is 3.15. The van der Waals surface area contributed by atoms with Gasteiger partial charge in [-0.25, -0.2) is 0 Å². The van der Waals surface area contributed by atoms with Crippen LogP contribution in [-0.2, 0) is 9.47 Å². The summed E-state index contributed by atoms with van der Waals surface area (Å²) in [5.41, 5.74) is 0. The van der Waals surface area contributed by atoms with Crippen molar-refractivity contribution in [2.45, 2.75) is 134 Å². The zero-order valence-corrected chi connectivity index (χ0v) is 20.1. The van der Waals surface area contributed by atoms with Gasteiger partial charge in [0, 0.05) is 6.61 Å². The maximum atomic E-state index is 9.91. The maximum absolute atomic E-state index is 9.91. The van der Waals surface area contributed by atoms with Crippen LogP contribution in [0.5, 0.6) is 0 Å². The third kappa shape index (κ3) is 14.3. The van der Waals surface area contributed by atoms with Gasteiger partial charge in [-0.1, -0.05) is 89.7 Å². The highest BCUT2D eigenvalue weighted by molar-refractivity contribution is 4.89. The first-order valence-corrected chi connectivity index (χ1v) is 13.1. The first-order chi connectivity index (χ1) is 15.2. The lowest BCUT2D eigenvalue weighted by molar-refractivity contribution is -0.0938. The number of aliphatic hydroxyl groups is 3. The molecule has 4 atom stereocenters. The number of aliphatic hydroxyl groups excluding tert-OH is 3. The molecule has 0 aromatic carbocycles. The summed E-state index contributed by atoms with van der Waals surface area (Å²) >= 11 is 0. The summed E-state index contributed by atoms with van der Waals surface area (Å²) in [6, 6.07) is 0. The minimum atomic E-state index is -1.00. The molecule has 0 spiro atoms. The minimum absolute atomic E-state index is 0.152. The second-order valence-electron chi connectivity index (χ2n) is 9.10. The van der Waals surface area contributed by atoms with Gasteiger partial charge in [-0.2, -0.15) is 0 Å². The van der Waals surface area contributed by atoms with E-state index in [0.717, 1.165) is 12.8 Å². The Morgan fingerprint density at radius 2 is 1.35 bits per heavy atom. The van der Waals surface area contributed by atoms with Crippen LogP contribution in [-0.4, -0.2) is 59.6 Å². The van der Waals surface area contributed by atoms with E-state index in [2.05, 4.69) is 19.1 Å². The molecule has 1 aliphatic heterocycles. The van der Waals surface area contributed by atoms with Crippen molar-refractivity contribution in [2.24, 2.45) is 0 Å². The Hall–Kier alpha value is -0.460. The zero-order valence-electron chi connectivity index (χ0n) is 20.1. The molecule has 0 radical (unpaired) electrons. The fourth-order valence-corrected chi connectivity index (χ4v) is 4.18. The van der Waals surface area contributed by atoms with Crippen LogP contribution in [0.3, 0.4) is 0 Å². The van der Waals surface area contributed by atoms with E-state index in [4.69, 9.17) is 14.6 Å². The van der Waals surface area contributed by atoms with Crippen molar-refractivity contribution in [1.82, 2.24) is 0 Å². The lowest BCUT2D eigenvalue weighted by Crippen LogP contribution is -2.42. The SMILES string of the molecule is CCCCCCCCCCC/C=C/CCCCCCCO[C@@H]1[C@H]([C@@H](O)CO)OC[C@H]1O. The Morgan fingerprint density at radius 3 is 1.90 bits per heavy atom. The van der Waals surface area contributed by atoms with Crippen LogP contribution in [0.1, 0.15) is 110 Å². The van der Waals surface area contributed by atoms with Gasteiger partial charge in [-0.3, -0.25) is 0 Å². The summed E-state index contributed by atoms with van der Waals surface area (Å²) in [5, 5.41) is 28.7. The molecule has 1 saturated heterocycles. The minimum Gasteiger partial charge on any atom is -0.394 e. The zero-order chi connectivity index (χ0) is 22.6. The Morgan fingerprint density at radius 1 is 0.839 bits per heavy atom. The smallest absolute Gasteiger partial charge is 0.114 e. The highest BCUT2D eigenvalue weighted by atomic mass is 16.6. The van der Waals surface area contributed by atoms with E-state index in [1.807, 2.05) is 0 Å². The molecule has 1 heterocycles. The molecule has 0 unspecified atom stereocenters. The van der Waals surface area contributed by atoms with E-state index in [1.165, 1.54) is 89.9 Å². The standard InChI is InChI=1S/C26H50O5/c1-2-3-4-5-6-7-8-9-10-11-12-13-14-15-16-17-18-19-20-30-26-24(29)22-31-25(26)23(28)21-27/h12-13,23-29H,2-11,14-22H2,1H3/b13-12+/t23-,24+,25-,26-/m0/s1. The van der Waals surface area contributed by atoms with Crippen LogP contribution in [0, 0.1) is 0 Å². The Balaban J connectivity index is 1.84. The van der Waals surface area contributed by atoms with Gasteiger partial charge in [0.05, 0.1) is 13.2 Å². The molecule has 31 heavy (non-hydrogen) atoms. The molecular weight excluding hydrogens is 392 g/mol. The van der Waals surface area contributed by atoms with Gasteiger partial charge < -0.3 is 24.8 Å². The fourth-order valence-electron chi connectivity index (χ4n) is 4.18. The predicted octanol–water partition coefficient (Wildman–Crippen LogP) is 5.30. The largest absolute Gasteiger partial charge is 0.394 e. The van der Waals surface area contributed by atoms with E-state index < -0.39 is 24.4 Å². The van der Waals surface area contributed by atoms with Crippen molar-refractivity contribution >= 4 is 0 Å². The van der Waals surface area contributed by atoms with E-state index in [0.29, 0.717) is 6.61 Å². The molecule has 0 bridgehead atoms. The fraction of sp³-hybridized carbons (Fsp3) is 0.923. The summed E-state index contributed by atoms with van der Waals surface area (Å²) in [4.78, 5) is 0. The number of hydrogen-bond donors (Lipinski definition) is 3. The van der Waals surface area contributed by atoms with Crippen molar-refractivity contribution < 1.29 is 24.8 Å². The van der Waals surface area contributed by atoms with Crippen LogP contribution in [0.2, 0.25) is 0 Å². The quantitative estimate of drug-likeness (QED) is 0.166. The number of ether oxygens (including phenoxy) is 2. The van der Waals surface area contributed by atoms with Crippen molar-refractivity contribution in [3.63, 3.8) is 0 Å². The summed E-state index contributed by atoms with van der Waals surface area (Å²) in [6.07, 6.45) is 22.5. The van der Waals surface area contributed by atoms with Crippen molar-refractivity contribution in [2.75, 3.05) is 19.8 Å². The van der Waals surface area contributed by atoms with Crippen molar-refractivity contribution in [3.05, 3.63) is 12.2 Å². The molecule has 0 aromatic heterocycles. The van der Waals surface area contributed by atoms with Crippen LogP contribution in [0.25, 0.3) is 0 Å². The highest BCUT2D eigenvalue weighted by Gasteiger charge is 2.40. The monoisotopic (exact) mass is 442 g/mol. The Kier molecular flexibility index (Phi) is 18.6. The third-order valence-corrected chi connectivity index (χ3v) is 6.20. The number of rotatable bonds is 21. The molecule has 0 saturated carbocycles. The molecule has 184 valence electrons. The third-order valence-electron chi connectivity index (χ3n) is 6.20. The average molecular weight is 443 g/mol. The van der Waals surface area contributed by atoms with E-state index in [-0.39, 0.29) is 13.2 Å². The molecule has 0 amide bonds. The van der Waals surface area contributed by atoms with Gasteiger partial charge in [0.25, 0.3) is 0 Å². The van der Waals surface area contributed by atoms with Crippen molar-refractivity contribution in [1.29, 1.82) is 0 Å². The second kappa shape index (κ2) is 20.2. The summed E-state index contributed by atoms with van der Waals surface area (Å²) < 4.78 is 11.1. The van der Waals surface area contributed by atoms with E-state index in [1.54, 1.807) is 0 Å². The summed E-state index contributed by atoms with van der Waals surface area (Å²) in [5.74, 6) is 0. The normalized spacial score (nSPS) is 22.5. The predicted molar refractivity (Wildman–Crippen MR) is 127 cm³/mol. The summed E-state index contributed by atoms with van der Waals surface area (Å²) in [6.45, 7) is 2.59. The molecule has 3 N–H and O–H groups in total. The molecule has 1 rings (SSSR count). The molecule has 5 heteroatoms. The van der Waals surface area contributed by atoms with E-state index >= 15 is 0 Å². The number of allylic oxidation sites excluding steroid dienone is 2. The van der Waals surface area contributed by atoms with Crippen LogP contribution < -0.4 is 0 Å². The van der Waals surface area contributed by atoms with Gasteiger partial charge in [0.15, 0.2) is 0 Å². The number of hydrogen-bond acceptors (Lipinski definition) is 5. The van der Waals surface area contributed by atoms with Gasteiger partial charge in [-0.05, 0) is 32.1 Å². The second-order valence-corrected chi connectivity index (χ2v) is 9.10. The molecule has 5 nitrogen and oxygen atoms in total. The Labute approximate surface area is 191 Å². The van der Waals surface area contributed by atoms with Crippen LogP contribution >= 0.6 is 0 Å². The number of unbranched alkanes of at least 4 members (excludes halogenated alkanes) is 14. The van der Waals surface area contributed by atoms with Crippen LogP contribution in [0.4, 0.5) is 0 Å².